The number of ether oxygens (including phenoxy) is 2. The smallest absolute Gasteiger partial charge is 0.348 e. The summed E-state index contributed by atoms with van der Waals surface area (Å²) in [6.45, 7) is 6.60. The number of rotatable bonds is 9. The van der Waals surface area contributed by atoms with Crippen LogP contribution in [0.5, 0.6) is 0 Å². The minimum Gasteiger partial charge on any atom is -0.462 e. The van der Waals surface area contributed by atoms with Crippen molar-refractivity contribution in [2.24, 2.45) is 0 Å². The molecule has 0 radical (unpaired) electrons. The first-order chi connectivity index (χ1) is 12.4. The lowest BCUT2D eigenvalue weighted by Crippen LogP contribution is -2.11. The highest BCUT2D eigenvalue weighted by Crippen LogP contribution is 2.05. The van der Waals surface area contributed by atoms with Crippen molar-refractivity contribution >= 4 is 11.9 Å². The summed E-state index contributed by atoms with van der Waals surface area (Å²) in [5.41, 5.74) is -0.786. The van der Waals surface area contributed by atoms with Crippen molar-refractivity contribution in [3.8, 4) is 24.3 Å². The Balaban J connectivity index is 4.27. The van der Waals surface area contributed by atoms with Gasteiger partial charge in [0.05, 0.1) is 25.4 Å². The van der Waals surface area contributed by atoms with Crippen LogP contribution in [-0.4, -0.2) is 25.2 Å². The molecule has 0 aliphatic rings. The Kier molecular flexibility index (Phi) is 10.3. The van der Waals surface area contributed by atoms with Crippen molar-refractivity contribution in [2.75, 3.05) is 13.2 Å². The third-order valence-electron chi connectivity index (χ3n) is 2.61. The second kappa shape index (κ2) is 12.3. The van der Waals surface area contributed by atoms with Gasteiger partial charge in [0.15, 0.2) is 0 Å². The second-order valence-electron chi connectivity index (χ2n) is 4.59. The van der Waals surface area contributed by atoms with E-state index in [0.717, 1.165) is 12.2 Å². The zero-order valence-electron chi connectivity index (χ0n) is 13.8. The van der Waals surface area contributed by atoms with Gasteiger partial charge in [-0.3, -0.25) is 0 Å². The maximum atomic E-state index is 11.6. The Labute approximate surface area is 150 Å². The van der Waals surface area contributed by atoms with E-state index in [1.165, 1.54) is 0 Å². The van der Waals surface area contributed by atoms with E-state index in [0.29, 0.717) is 12.8 Å². The van der Waals surface area contributed by atoms with Crippen molar-refractivity contribution in [3.63, 3.8) is 0 Å². The molecule has 0 bridgehead atoms. The lowest BCUT2D eigenvalue weighted by atomic mass is 10.2. The van der Waals surface area contributed by atoms with E-state index in [2.05, 4.69) is 13.2 Å². The Hall–Kier alpha value is -4.14. The van der Waals surface area contributed by atoms with E-state index < -0.39 is 11.9 Å². The topological polar surface area (TPSA) is 148 Å². The molecule has 0 aliphatic heterocycles. The molecule has 0 spiro atoms. The summed E-state index contributed by atoms with van der Waals surface area (Å²) < 4.78 is 9.70. The number of hydrogen-bond acceptors (Lipinski definition) is 8. The molecule has 8 heteroatoms. The van der Waals surface area contributed by atoms with Crippen molar-refractivity contribution in [1.82, 2.24) is 0 Å². The molecule has 0 aromatic carbocycles. The number of unbranched alkanes of at least 4 members (excludes halogenated alkanes) is 1. The Bertz CT molecular complexity index is 753. The molecule has 0 amide bonds. The van der Waals surface area contributed by atoms with Crippen molar-refractivity contribution < 1.29 is 19.1 Å². The zero-order valence-corrected chi connectivity index (χ0v) is 13.8. The van der Waals surface area contributed by atoms with Gasteiger partial charge in [0, 0.05) is 11.1 Å². The molecule has 0 N–H and O–H groups in total. The fourth-order valence-corrected chi connectivity index (χ4v) is 1.38. The molecular weight excluding hydrogens is 336 g/mol. The van der Waals surface area contributed by atoms with Crippen LogP contribution in [0.3, 0.4) is 0 Å². The number of carbonyl (C=O) groups excluding carboxylic acids is 2. The SMILES string of the molecule is C=C(C#N)/C=C(\C#N)C(=O)OCCCCOC(=O)/C(C#N)=C/C(=C)C#N. The predicted molar refractivity (Wildman–Crippen MR) is 88.1 cm³/mol. The monoisotopic (exact) mass is 350 g/mol. The van der Waals surface area contributed by atoms with Crippen LogP contribution in [0.1, 0.15) is 12.8 Å². The van der Waals surface area contributed by atoms with Gasteiger partial charge in [-0.25, -0.2) is 9.59 Å². The maximum Gasteiger partial charge on any atom is 0.348 e. The molecule has 0 heterocycles. The van der Waals surface area contributed by atoms with Crippen molar-refractivity contribution in [2.45, 2.75) is 12.8 Å². The van der Waals surface area contributed by atoms with Crippen LogP contribution in [-0.2, 0) is 19.1 Å². The van der Waals surface area contributed by atoms with Crippen LogP contribution in [0, 0.1) is 45.3 Å². The van der Waals surface area contributed by atoms with Gasteiger partial charge in [0.2, 0.25) is 0 Å². The average molecular weight is 350 g/mol. The first-order valence-electron chi connectivity index (χ1n) is 7.15. The molecule has 0 aliphatic carbocycles. The molecule has 26 heavy (non-hydrogen) atoms. The van der Waals surface area contributed by atoms with Gasteiger partial charge >= 0.3 is 11.9 Å². The molecule has 0 saturated carbocycles. The van der Waals surface area contributed by atoms with Crippen LogP contribution in [0.2, 0.25) is 0 Å². The minimum absolute atomic E-state index is 0.0272. The molecule has 0 aromatic rings. The standard InChI is InChI=1S/C18H14N4O4/c1-13(9-19)7-15(11-21)17(23)25-5-3-4-6-26-18(24)16(12-22)8-14(2)10-20/h7-8H,1-6H2/b15-7+,16-8+. The van der Waals surface area contributed by atoms with Gasteiger partial charge in [-0.2, -0.15) is 21.0 Å². The van der Waals surface area contributed by atoms with E-state index in [1.54, 1.807) is 24.3 Å². The lowest BCUT2D eigenvalue weighted by molar-refractivity contribution is -0.141. The summed E-state index contributed by atoms with van der Waals surface area (Å²) in [5.74, 6) is -1.77. The number of hydrogen-bond donors (Lipinski definition) is 0. The van der Waals surface area contributed by atoms with E-state index in [1.807, 2.05) is 0 Å². The van der Waals surface area contributed by atoms with Gasteiger partial charge in [0.1, 0.15) is 23.3 Å². The Morgan fingerprint density at radius 1 is 0.731 bits per heavy atom. The lowest BCUT2D eigenvalue weighted by Gasteiger charge is -2.05. The van der Waals surface area contributed by atoms with Gasteiger partial charge in [-0.1, -0.05) is 13.2 Å². The van der Waals surface area contributed by atoms with Gasteiger partial charge in [-0.05, 0) is 25.0 Å². The first kappa shape index (κ1) is 21.9. The van der Waals surface area contributed by atoms with Crippen molar-refractivity contribution in [1.29, 1.82) is 21.0 Å². The third kappa shape index (κ3) is 8.48. The number of esters is 2. The van der Waals surface area contributed by atoms with Crippen LogP contribution in [0.15, 0.2) is 47.6 Å². The van der Waals surface area contributed by atoms with Crippen LogP contribution < -0.4 is 0 Å². The third-order valence-corrected chi connectivity index (χ3v) is 2.61. The molecular formula is C18H14N4O4. The number of carbonyl (C=O) groups is 2. The average Bonchev–Trinajstić information content (AvgIpc) is 2.65. The largest absolute Gasteiger partial charge is 0.462 e. The molecule has 8 nitrogen and oxygen atoms in total. The Morgan fingerprint density at radius 2 is 1.08 bits per heavy atom. The number of allylic oxidation sites excluding steroid dienone is 4. The number of nitrogens with zero attached hydrogens (tertiary/aromatic N) is 4. The highest BCUT2D eigenvalue weighted by atomic mass is 16.5. The highest BCUT2D eigenvalue weighted by Gasteiger charge is 2.12. The molecule has 0 atom stereocenters. The van der Waals surface area contributed by atoms with Gasteiger partial charge < -0.3 is 9.47 Å². The van der Waals surface area contributed by atoms with Crippen molar-refractivity contribution in [3.05, 3.63) is 47.6 Å². The zero-order chi connectivity index (χ0) is 19.9. The minimum atomic E-state index is -0.884. The summed E-state index contributed by atoms with van der Waals surface area (Å²) in [6.07, 6.45) is 2.73. The molecule has 0 unspecified atom stereocenters. The molecule has 0 aromatic heterocycles. The van der Waals surface area contributed by atoms with Crippen LogP contribution >= 0.6 is 0 Å². The van der Waals surface area contributed by atoms with E-state index in [9.17, 15) is 9.59 Å². The highest BCUT2D eigenvalue weighted by molar-refractivity contribution is 5.94. The van der Waals surface area contributed by atoms with E-state index in [-0.39, 0.29) is 35.5 Å². The molecule has 130 valence electrons. The van der Waals surface area contributed by atoms with Gasteiger partial charge in [0.25, 0.3) is 0 Å². The summed E-state index contributed by atoms with van der Waals surface area (Å²) in [7, 11) is 0. The summed E-state index contributed by atoms with van der Waals surface area (Å²) in [4.78, 5) is 23.2. The quantitative estimate of drug-likeness (QED) is 0.201. The fourth-order valence-electron chi connectivity index (χ4n) is 1.38. The summed E-state index contributed by atoms with van der Waals surface area (Å²) in [5, 5.41) is 34.7. The van der Waals surface area contributed by atoms with E-state index in [4.69, 9.17) is 30.5 Å². The summed E-state index contributed by atoms with van der Waals surface area (Å²) >= 11 is 0. The van der Waals surface area contributed by atoms with Gasteiger partial charge in [-0.15, -0.1) is 0 Å². The van der Waals surface area contributed by atoms with E-state index >= 15 is 0 Å². The molecule has 0 rings (SSSR count). The summed E-state index contributed by atoms with van der Waals surface area (Å²) in [6, 6.07) is 6.58. The maximum absolute atomic E-state index is 11.6. The first-order valence-corrected chi connectivity index (χ1v) is 7.15. The van der Waals surface area contributed by atoms with Crippen LogP contribution in [0.4, 0.5) is 0 Å². The Morgan fingerprint density at radius 3 is 1.35 bits per heavy atom. The predicted octanol–water partition coefficient (Wildman–Crippen LogP) is 1.91. The number of nitriles is 4. The van der Waals surface area contributed by atoms with Crippen LogP contribution in [0.25, 0.3) is 0 Å². The normalized spacial score (nSPS) is 10.3. The molecule has 0 fully saturated rings. The second-order valence-corrected chi connectivity index (χ2v) is 4.59. The molecule has 0 saturated heterocycles. The fraction of sp³-hybridized carbons (Fsp3) is 0.222.